The van der Waals surface area contributed by atoms with E-state index >= 15 is 0 Å². The zero-order chi connectivity index (χ0) is 11.2. The molecule has 0 aliphatic carbocycles. The molecule has 0 bridgehead atoms. The molecule has 1 aliphatic rings. The van der Waals surface area contributed by atoms with Crippen LogP contribution in [0.2, 0.25) is 0 Å². The van der Waals surface area contributed by atoms with Crippen molar-refractivity contribution < 1.29 is 18.9 Å². The van der Waals surface area contributed by atoms with Crippen molar-refractivity contribution in [3.05, 3.63) is 12.4 Å². The molecule has 14 heavy (non-hydrogen) atoms. The second-order valence-corrected chi connectivity index (χ2v) is 4.12. The smallest absolute Gasteiger partial charge is 0.362 e. The van der Waals surface area contributed by atoms with Crippen LogP contribution in [0.3, 0.4) is 0 Å². The van der Waals surface area contributed by atoms with Gasteiger partial charge < -0.3 is 19.6 Å². The van der Waals surface area contributed by atoms with Crippen molar-refractivity contribution in [3.8, 4) is 0 Å². The van der Waals surface area contributed by atoms with Gasteiger partial charge in [0.1, 0.15) is 0 Å². The zero-order valence-corrected chi connectivity index (χ0v) is 9.52. The molecule has 0 aromatic carbocycles. The fourth-order valence-electron chi connectivity index (χ4n) is 0.794. The van der Waals surface area contributed by atoms with Gasteiger partial charge >= 0.3 is 7.82 Å². The lowest BCUT2D eigenvalue weighted by Gasteiger charge is -2.14. The van der Waals surface area contributed by atoms with Crippen molar-refractivity contribution in [2.24, 2.45) is 0 Å². The average Bonchev–Trinajstić information content (AvgIpc) is 2.51. The highest BCUT2D eigenvalue weighted by atomic mass is 31.2. The van der Waals surface area contributed by atoms with Crippen LogP contribution in [-0.2, 0) is 9.09 Å². The zero-order valence-electron chi connectivity index (χ0n) is 8.62. The summed E-state index contributed by atoms with van der Waals surface area (Å²) in [6.07, 6.45) is 4.20. The van der Waals surface area contributed by atoms with Gasteiger partial charge in [-0.2, -0.15) is 0 Å². The second-order valence-electron chi connectivity index (χ2n) is 2.77. The topological polar surface area (TPSA) is 73.2 Å². The van der Waals surface area contributed by atoms with Crippen LogP contribution in [0.5, 0.6) is 0 Å². The summed E-state index contributed by atoms with van der Waals surface area (Å²) in [5.74, 6) is 0. The number of rotatable bonds is 2. The van der Waals surface area contributed by atoms with Crippen LogP contribution in [0.25, 0.3) is 0 Å². The van der Waals surface area contributed by atoms with Crippen LogP contribution in [0.4, 0.5) is 0 Å². The Bertz CT molecular complexity index is 228. The maximum Gasteiger partial charge on any atom is 0.469 e. The number of nitrogens with zero attached hydrogens (tertiary/aromatic N) is 2. The van der Waals surface area contributed by atoms with Gasteiger partial charge in [0.15, 0.2) is 0 Å². The second kappa shape index (κ2) is 6.03. The van der Waals surface area contributed by atoms with Crippen LogP contribution < -0.4 is 0 Å². The quantitative estimate of drug-likeness (QED) is 0.662. The van der Waals surface area contributed by atoms with Gasteiger partial charge in [-0.15, -0.1) is 0 Å². The van der Waals surface area contributed by atoms with Gasteiger partial charge in [-0.3, -0.25) is 4.52 Å². The Morgan fingerprint density at radius 1 is 1.50 bits per heavy atom. The summed E-state index contributed by atoms with van der Waals surface area (Å²) >= 11 is 0. The van der Waals surface area contributed by atoms with Crippen LogP contribution in [0.1, 0.15) is 6.92 Å². The molecule has 84 valence electrons. The molecule has 0 radical (unpaired) electrons. The molecule has 0 spiro atoms. The number of phosphoric acid groups is 1. The van der Waals surface area contributed by atoms with Gasteiger partial charge in [0.25, 0.3) is 0 Å². The van der Waals surface area contributed by atoms with Crippen LogP contribution >= 0.6 is 7.82 Å². The van der Waals surface area contributed by atoms with E-state index in [2.05, 4.69) is 40.7 Å². The normalized spacial score (nSPS) is 15.5. The highest BCUT2D eigenvalue weighted by molar-refractivity contribution is 7.46. The molecule has 0 atom stereocenters. The Labute approximate surface area is 84.0 Å². The van der Waals surface area contributed by atoms with Crippen molar-refractivity contribution in [1.29, 1.82) is 0 Å². The molecule has 0 aromatic heterocycles. The summed E-state index contributed by atoms with van der Waals surface area (Å²) < 4.78 is 13.1. The first kappa shape index (κ1) is 13.4. The van der Waals surface area contributed by atoms with Crippen molar-refractivity contribution in [2.45, 2.75) is 6.92 Å². The molecular weight excluding hydrogens is 207 g/mol. The highest BCUT2D eigenvalue weighted by Gasteiger charge is 2.07. The monoisotopic (exact) mass is 224 g/mol. The Hall–Kier alpha value is -0.550. The van der Waals surface area contributed by atoms with Crippen LogP contribution in [0.15, 0.2) is 12.4 Å². The maximum atomic E-state index is 9.47. The molecule has 1 rings (SSSR count). The van der Waals surface area contributed by atoms with E-state index in [4.69, 9.17) is 9.79 Å². The van der Waals surface area contributed by atoms with Gasteiger partial charge in [0, 0.05) is 33.1 Å². The van der Waals surface area contributed by atoms with Crippen LogP contribution in [-0.4, -0.2) is 47.0 Å². The third kappa shape index (κ3) is 6.91. The standard InChI is InChI=1S/C6H12N2.CH5O4P/c1-3-8-5-4-7(2)6-8;1-5-6(2,3)4/h4-5H,3,6H2,1-2H3;1H3,(H2,2,3,4). The maximum absolute atomic E-state index is 9.47. The Kier molecular flexibility index (Phi) is 5.79. The first-order chi connectivity index (χ1) is 6.39. The van der Waals surface area contributed by atoms with E-state index in [1.165, 1.54) is 0 Å². The summed E-state index contributed by atoms with van der Waals surface area (Å²) in [5.41, 5.74) is 0. The largest absolute Gasteiger partial charge is 0.469 e. The molecule has 2 N–H and O–H groups in total. The van der Waals surface area contributed by atoms with E-state index in [1.807, 2.05) is 0 Å². The molecule has 0 unspecified atom stereocenters. The van der Waals surface area contributed by atoms with E-state index in [9.17, 15) is 4.57 Å². The average molecular weight is 224 g/mol. The first-order valence-electron chi connectivity index (χ1n) is 4.13. The van der Waals surface area contributed by atoms with E-state index in [1.54, 1.807) is 0 Å². The molecule has 1 heterocycles. The minimum absolute atomic E-state index is 0.945. The molecule has 0 fully saturated rings. The third-order valence-corrected chi connectivity index (χ3v) is 2.06. The fraction of sp³-hybridized carbons (Fsp3) is 0.714. The lowest BCUT2D eigenvalue weighted by Crippen LogP contribution is -2.21. The molecule has 1 aliphatic heterocycles. The van der Waals surface area contributed by atoms with E-state index < -0.39 is 7.82 Å². The van der Waals surface area contributed by atoms with Crippen molar-refractivity contribution >= 4 is 7.82 Å². The predicted molar refractivity (Wildman–Crippen MR) is 53.2 cm³/mol. The van der Waals surface area contributed by atoms with Gasteiger partial charge in [0.05, 0.1) is 6.67 Å². The number of phosphoric ester groups is 1. The van der Waals surface area contributed by atoms with E-state index in [-0.39, 0.29) is 0 Å². The Morgan fingerprint density at radius 2 is 2.00 bits per heavy atom. The minimum atomic E-state index is -4.15. The molecule has 7 heteroatoms. The van der Waals surface area contributed by atoms with Gasteiger partial charge in [-0.25, -0.2) is 4.57 Å². The minimum Gasteiger partial charge on any atom is -0.362 e. The van der Waals surface area contributed by atoms with E-state index in [0.717, 1.165) is 20.3 Å². The summed E-state index contributed by atoms with van der Waals surface area (Å²) in [7, 11) is -1.13. The molecule has 0 aromatic rings. The molecule has 0 amide bonds. The van der Waals surface area contributed by atoms with Gasteiger partial charge in [-0.1, -0.05) is 0 Å². The molecule has 0 saturated carbocycles. The van der Waals surface area contributed by atoms with Crippen molar-refractivity contribution in [1.82, 2.24) is 9.80 Å². The van der Waals surface area contributed by atoms with Crippen molar-refractivity contribution in [2.75, 3.05) is 27.4 Å². The lowest BCUT2D eigenvalue weighted by atomic mass is 10.6. The highest BCUT2D eigenvalue weighted by Crippen LogP contribution is 2.33. The summed E-state index contributed by atoms with van der Waals surface area (Å²) in [6.45, 7) is 4.32. The van der Waals surface area contributed by atoms with Gasteiger partial charge in [-0.05, 0) is 6.92 Å². The summed E-state index contributed by atoms with van der Waals surface area (Å²) in [4.78, 5) is 19.8. The predicted octanol–water partition coefficient (Wildman–Crippen LogP) is 0.408. The summed E-state index contributed by atoms with van der Waals surface area (Å²) in [5, 5.41) is 0. The Morgan fingerprint density at radius 3 is 2.14 bits per heavy atom. The molecular formula is C7H17N2O4P. The fourth-order valence-corrected chi connectivity index (χ4v) is 0.794. The van der Waals surface area contributed by atoms with Crippen molar-refractivity contribution in [3.63, 3.8) is 0 Å². The number of hydrogen-bond acceptors (Lipinski definition) is 4. The molecule has 6 nitrogen and oxygen atoms in total. The summed E-state index contributed by atoms with van der Waals surface area (Å²) in [6, 6.07) is 0. The third-order valence-electron chi connectivity index (χ3n) is 1.58. The molecule has 0 saturated heterocycles. The number of hydrogen-bond donors (Lipinski definition) is 2. The SMILES string of the molecule is CCN1C=CN(C)C1.COP(=O)(O)O. The van der Waals surface area contributed by atoms with Gasteiger partial charge in [0.2, 0.25) is 0 Å². The lowest BCUT2D eigenvalue weighted by molar-refractivity contribution is 0.235. The van der Waals surface area contributed by atoms with E-state index in [0.29, 0.717) is 0 Å². The first-order valence-corrected chi connectivity index (χ1v) is 5.66. The van der Waals surface area contributed by atoms with Crippen LogP contribution in [0, 0.1) is 0 Å². The Balaban J connectivity index is 0.000000255.